The monoisotopic (exact) mass is 252 g/mol. The van der Waals surface area contributed by atoms with Crippen LogP contribution in [-0.4, -0.2) is 21.8 Å². The molecule has 0 radical (unpaired) electrons. The smallest absolute Gasteiger partial charge is 0.377 e. The summed E-state index contributed by atoms with van der Waals surface area (Å²) in [6.07, 6.45) is 6.63. The molecule has 4 heteroatoms. The van der Waals surface area contributed by atoms with Crippen LogP contribution in [0.4, 0.5) is 0 Å². The second kappa shape index (κ2) is 3.90. The summed E-state index contributed by atoms with van der Waals surface area (Å²) in [5, 5.41) is 18.6. The van der Waals surface area contributed by atoms with Crippen molar-refractivity contribution in [3.63, 3.8) is 0 Å². The van der Waals surface area contributed by atoms with Crippen LogP contribution in [-0.2, 0) is 9.53 Å². The first-order valence-electron chi connectivity index (χ1n) is 6.79. The molecule has 0 amide bonds. The van der Waals surface area contributed by atoms with Crippen LogP contribution in [0, 0.1) is 17.8 Å². The molecule has 4 saturated carbocycles. The number of allylic oxidation sites excluding steroid dienone is 1. The van der Waals surface area contributed by atoms with Crippen molar-refractivity contribution in [2.75, 3.05) is 0 Å². The lowest BCUT2D eigenvalue weighted by atomic mass is 9.54. The summed E-state index contributed by atoms with van der Waals surface area (Å²) < 4.78 is 5.57. The van der Waals surface area contributed by atoms with Crippen molar-refractivity contribution < 1.29 is 19.7 Å². The van der Waals surface area contributed by atoms with Gasteiger partial charge in [-0.15, -0.1) is 0 Å². The van der Waals surface area contributed by atoms with Gasteiger partial charge in [0.15, 0.2) is 0 Å². The molecule has 4 fully saturated rings. The fourth-order valence-electron chi connectivity index (χ4n) is 4.55. The van der Waals surface area contributed by atoms with E-state index in [1.165, 1.54) is 26.2 Å². The Balaban J connectivity index is 1.76. The number of esters is 1. The number of aliphatic hydroxyl groups is 2. The standard InChI is InChI=1S/C14H20O4/c1-8(15)12(16)13(17)18-14-5-9-2-10(6-14)4-11(3-9)7-14/h9-11,15-16H,2-7H2,1H3. The van der Waals surface area contributed by atoms with Gasteiger partial charge in [0.1, 0.15) is 11.4 Å². The summed E-state index contributed by atoms with van der Waals surface area (Å²) in [5.41, 5.74) is -0.366. The third-order valence-electron chi connectivity index (χ3n) is 4.83. The maximum atomic E-state index is 11.8. The molecule has 0 atom stereocenters. The molecule has 4 bridgehead atoms. The van der Waals surface area contributed by atoms with Crippen molar-refractivity contribution in [1.29, 1.82) is 0 Å². The van der Waals surface area contributed by atoms with Crippen LogP contribution < -0.4 is 0 Å². The van der Waals surface area contributed by atoms with Gasteiger partial charge in [-0.2, -0.15) is 0 Å². The molecule has 0 saturated heterocycles. The van der Waals surface area contributed by atoms with Gasteiger partial charge < -0.3 is 14.9 Å². The molecule has 0 aliphatic heterocycles. The first kappa shape index (κ1) is 11.9. The van der Waals surface area contributed by atoms with Crippen LogP contribution in [0.15, 0.2) is 11.5 Å². The third kappa shape index (κ3) is 1.88. The molecule has 0 aromatic heterocycles. The summed E-state index contributed by atoms with van der Waals surface area (Å²) in [6, 6.07) is 0. The number of ether oxygens (including phenoxy) is 1. The maximum absolute atomic E-state index is 11.8. The van der Waals surface area contributed by atoms with Crippen LogP contribution in [0.5, 0.6) is 0 Å². The van der Waals surface area contributed by atoms with E-state index in [0.717, 1.165) is 19.3 Å². The second-order valence-electron chi connectivity index (χ2n) is 6.42. The first-order valence-corrected chi connectivity index (χ1v) is 6.79. The molecule has 4 rings (SSSR count). The highest BCUT2D eigenvalue weighted by Crippen LogP contribution is 2.57. The molecule has 18 heavy (non-hydrogen) atoms. The van der Waals surface area contributed by atoms with Gasteiger partial charge in [-0.1, -0.05) is 0 Å². The zero-order chi connectivity index (χ0) is 12.9. The van der Waals surface area contributed by atoms with Crippen molar-refractivity contribution in [1.82, 2.24) is 0 Å². The Morgan fingerprint density at radius 1 is 1.06 bits per heavy atom. The number of carbonyl (C=O) groups is 1. The van der Waals surface area contributed by atoms with E-state index in [1.807, 2.05) is 0 Å². The molecule has 4 nitrogen and oxygen atoms in total. The highest BCUT2D eigenvalue weighted by Gasteiger charge is 2.53. The quantitative estimate of drug-likeness (QED) is 0.450. The fraction of sp³-hybridized carbons (Fsp3) is 0.786. The molecular weight excluding hydrogens is 232 g/mol. The normalized spacial score (nSPS) is 42.6. The van der Waals surface area contributed by atoms with E-state index < -0.39 is 11.7 Å². The van der Waals surface area contributed by atoms with Crippen molar-refractivity contribution in [3.8, 4) is 0 Å². The van der Waals surface area contributed by atoms with E-state index in [9.17, 15) is 9.90 Å². The predicted octanol–water partition coefficient (Wildman–Crippen LogP) is 2.85. The van der Waals surface area contributed by atoms with Gasteiger partial charge in [0.05, 0.1) is 0 Å². The maximum Gasteiger partial charge on any atom is 0.377 e. The largest absolute Gasteiger partial charge is 0.508 e. The molecule has 4 aliphatic carbocycles. The minimum absolute atomic E-state index is 0.366. The van der Waals surface area contributed by atoms with Crippen LogP contribution in [0.3, 0.4) is 0 Å². The molecule has 0 spiro atoms. The summed E-state index contributed by atoms with van der Waals surface area (Å²) >= 11 is 0. The van der Waals surface area contributed by atoms with Gasteiger partial charge in [0.25, 0.3) is 0 Å². The SMILES string of the molecule is CC(O)=C(O)C(=O)OC12CC3CC(CC(C3)C1)C2. The summed E-state index contributed by atoms with van der Waals surface area (Å²) in [5.74, 6) is 0.272. The molecular formula is C14H20O4. The number of carbonyl (C=O) groups excluding carboxylic acids is 1. The van der Waals surface area contributed by atoms with Gasteiger partial charge >= 0.3 is 5.97 Å². The molecule has 2 N–H and O–H groups in total. The summed E-state index contributed by atoms with van der Waals surface area (Å²) in [4.78, 5) is 11.8. The Morgan fingerprint density at radius 2 is 1.50 bits per heavy atom. The van der Waals surface area contributed by atoms with E-state index >= 15 is 0 Å². The zero-order valence-electron chi connectivity index (χ0n) is 10.7. The van der Waals surface area contributed by atoms with Crippen LogP contribution >= 0.6 is 0 Å². The minimum atomic E-state index is -0.767. The summed E-state index contributed by atoms with van der Waals surface area (Å²) in [6.45, 7) is 1.29. The van der Waals surface area contributed by atoms with Crippen molar-refractivity contribution in [2.45, 2.75) is 51.0 Å². The van der Waals surface area contributed by atoms with E-state index in [2.05, 4.69) is 0 Å². The van der Waals surface area contributed by atoms with Gasteiger partial charge in [-0.25, -0.2) is 4.79 Å². The van der Waals surface area contributed by atoms with E-state index in [0.29, 0.717) is 17.8 Å². The Labute approximate surface area is 107 Å². The lowest BCUT2D eigenvalue weighted by Gasteiger charge is -2.55. The van der Waals surface area contributed by atoms with Crippen molar-refractivity contribution in [2.24, 2.45) is 17.8 Å². The molecule has 4 aliphatic rings. The average molecular weight is 252 g/mol. The lowest BCUT2D eigenvalue weighted by molar-refractivity contribution is -0.185. The van der Waals surface area contributed by atoms with Crippen LogP contribution in [0.25, 0.3) is 0 Å². The molecule has 0 heterocycles. The first-order chi connectivity index (χ1) is 8.47. The zero-order valence-corrected chi connectivity index (χ0v) is 10.7. The van der Waals surface area contributed by atoms with Crippen LogP contribution in [0.2, 0.25) is 0 Å². The van der Waals surface area contributed by atoms with Gasteiger partial charge in [-0.3, -0.25) is 0 Å². The number of aliphatic hydroxyl groups excluding tert-OH is 2. The van der Waals surface area contributed by atoms with Gasteiger partial charge in [0.2, 0.25) is 5.76 Å². The third-order valence-corrected chi connectivity index (χ3v) is 4.83. The number of rotatable bonds is 2. The van der Waals surface area contributed by atoms with E-state index in [4.69, 9.17) is 9.84 Å². The molecule has 0 aromatic carbocycles. The second-order valence-corrected chi connectivity index (χ2v) is 6.42. The van der Waals surface area contributed by atoms with E-state index in [1.54, 1.807) is 0 Å². The lowest BCUT2D eigenvalue weighted by Crippen LogP contribution is -2.52. The van der Waals surface area contributed by atoms with Crippen molar-refractivity contribution in [3.05, 3.63) is 11.5 Å². The van der Waals surface area contributed by atoms with E-state index in [-0.39, 0.29) is 11.4 Å². The Morgan fingerprint density at radius 3 is 1.89 bits per heavy atom. The van der Waals surface area contributed by atoms with Crippen molar-refractivity contribution >= 4 is 5.97 Å². The Bertz CT molecular complexity index is 371. The number of hydrogen-bond donors (Lipinski definition) is 2. The van der Waals surface area contributed by atoms with Crippen LogP contribution in [0.1, 0.15) is 45.4 Å². The highest BCUT2D eigenvalue weighted by atomic mass is 16.6. The molecule has 100 valence electrons. The minimum Gasteiger partial charge on any atom is -0.508 e. The molecule has 0 unspecified atom stereocenters. The summed E-state index contributed by atoms with van der Waals surface area (Å²) in [7, 11) is 0. The highest BCUT2D eigenvalue weighted by molar-refractivity contribution is 5.86. The molecule has 0 aromatic rings. The Kier molecular flexibility index (Phi) is 2.57. The average Bonchev–Trinajstić information content (AvgIpc) is 2.24. The topological polar surface area (TPSA) is 66.8 Å². The number of hydrogen-bond acceptors (Lipinski definition) is 4. The van der Waals surface area contributed by atoms with Gasteiger partial charge in [0, 0.05) is 0 Å². The Hall–Kier alpha value is -1.19. The van der Waals surface area contributed by atoms with Gasteiger partial charge in [-0.05, 0) is 63.2 Å². The fourth-order valence-corrected chi connectivity index (χ4v) is 4.55. The predicted molar refractivity (Wildman–Crippen MR) is 65.0 cm³/mol.